The molecule has 1 aliphatic carbocycles. The number of pyridine rings is 1. The van der Waals surface area contributed by atoms with Gasteiger partial charge in [0.15, 0.2) is 0 Å². The molecule has 0 spiro atoms. The second-order valence-corrected chi connectivity index (χ2v) is 5.04. The Hall–Kier alpha value is -2.18. The number of amides is 1. The first-order chi connectivity index (χ1) is 9.51. The van der Waals surface area contributed by atoms with Crippen molar-refractivity contribution in [1.82, 2.24) is 10.3 Å². The minimum Gasteiger partial charge on any atom is -0.373 e. The summed E-state index contributed by atoms with van der Waals surface area (Å²) in [6.07, 6.45) is 4.87. The molecule has 0 unspecified atom stereocenters. The number of nitro groups is 1. The largest absolute Gasteiger partial charge is 0.373 e. The Balaban J connectivity index is 2.30. The fourth-order valence-electron chi connectivity index (χ4n) is 2.39. The molecule has 1 aromatic heterocycles. The maximum Gasteiger partial charge on any atom is 0.300 e. The van der Waals surface area contributed by atoms with Gasteiger partial charge in [0.1, 0.15) is 17.6 Å². The molecule has 0 aromatic carbocycles. The number of aromatic nitrogens is 1. The SMILES string of the molecule is CCC1(NC(=O)c2cc(NC)ncc2[N+](=O)[O-])CCC1. The molecule has 0 aliphatic heterocycles. The Morgan fingerprint density at radius 1 is 1.55 bits per heavy atom. The van der Waals surface area contributed by atoms with E-state index in [1.165, 1.54) is 6.07 Å². The number of rotatable bonds is 5. The van der Waals surface area contributed by atoms with Gasteiger partial charge in [-0.3, -0.25) is 14.9 Å². The first kappa shape index (κ1) is 14.2. The highest BCUT2D eigenvalue weighted by Gasteiger charge is 2.37. The van der Waals surface area contributed by atoms with Crippen molar-refractivity contribution in [2.75, 3.05) is 12.4 Å². The monoisotopic (exact) mass is 278 g/mol. The van der Waals surface area contributed by atoms with Crippen molar-refractivity contribution in [3.05, 3.63) is 27.9 Å². The summed E-state index contributed by atoms with van der Waals surface area (Å²) in [5.41, 5.74) is -0.422. The van der Waals surface area contributed by atoms with Gasteiger partial charge in [-0.15, -0.1) is 0 Å². The molecule has 7 nitrogen and oxygen atoms in total. The fraction of sp³-hybridized carbons (Fsp3) is 0.538. The van der Waals surface area contributed by atoms with Crippen LogP contribution >= 0.6 is 0 Å². The smallest absolute Gasteiger partial charge is 0.300 e. The Labute approximate surface area is 116 Å². The van der Waals surface area contributed by atoms with Gasteiger partial charge in [-0.25, -0.2) is 4.98 Å². The molecule has 20 heavy (non-hydrogen) atoms. The van der Waals surface area contributed by atoms with Crippen LogP contribution in [0.1, 0.15) is 43.0 Å². The number of carbonyl (C=O) groups excluding carboxylic acids is 1. The van der Waals surface area contributed by atoms with E-state index in [2.05, 4.69) is 15.6 Å². The van der Waals surface area contributed by atoms with Gasteiger partial charge in [0.25, 0.3) is 11.6 Å². The highest BCUT2D eigenvalue weighted by Crippen LogP contribution is 2.35. The average Bonchev–Trinajstić information content (AvgIpc) is 2.41. The predicted octanol–water partition coefficient (Wildman–Crippen LogP) is 2.09. The summed E-state index contributed by atoms with van der Waals surface area (Å²) >= 11 is 0. The molecular weight excluding hydrogens is 260 g/mol. The van der Waals surface area contributed by atoms with Crippen molar-refractivity contribution >= 4 is 17.4 Å². The van der Waals surface area contributed by atoms with Gasteiger partial charge in [0.2, 0.25) is 0 Å². The minimum absolute atomic E-state index is 0.0501. The van der Waals surface area contributed by atoms with Crippen molar-refractivity contribution in [1.29, 1.82) is 0 Å². The molecule has 1 heterocycles. The van der Waals surface area contributed by atoms with Crippen LogP contribution in [0.25, 0.3) is 0 Å². The first-order valence-corrected chi connectivity index (χ1v) is 6.66. The van der Waals surface area contributed by atoms with E-state index in [4.69, 9.17) is 0 Å². The third kappa shape index (κ3) is 2.56. The topological polar surface area (TPSA) is 97.2 Å². The normalized spacial score (nSPS) is 16.1. The van der Waals surface area contributed by atoms with Crippen LogP contribution in [-0.4, -0.2) is 28.4 Å². The third-order valence-corrected chi connectivity index (χ3v) is 3.95. The maximum atomic E-state index is 12.3. The van der Waals surface area contributed by atoms with E-state index in [1.807, 2.05) is 6.92 Å². The van der Waals surface area contributed by atoms with Crippen LogP contribution in [0.5, 0.6) is 0 Å². The van der Waals surface area contributed by atoms with Crippen LogP contribution in [0.3, 0.4) is 0 Å². The van der Waals surface area contributed by atoms with Crippen molar-refractivity contribution < 1.29 is 9.72 Å². The molecule has 0 atom stereocenters. The van der Waals surface area contributed by atoms with Crippen LogP contribution in [0, 0.1) is 10.1 Å². The standard InChI is InChI=1S/C13H18N4O3/c1-3-13(5-4-6-13)16-12(18)9-7-11(14-2)15-8-10(9)17(19)20/h7-8H,3-6H2,1-2H3,(H,14,15)(H,16,18). The number of nitrogens with zero attached hydrogens (tertiary/aromatic N) is 2. The van der Waals surface area contributed by atoms with Crippen LogP contribution in [0.15, 0.2) is 12.3 Å². The van der Waals surface area contributed by atoms with Crippen LogP contribution in [0.2, 0.25) is 0 Å². The number of anilines is 1. The fourth-order valence-corrected chi connectivity index (χ4v) is 2.39. The van der Waals surface area contributed by atoms with Crippen molar-refractivity contribution in [2.24, 2.45) is 0 Å². The molecule has 108 valence electrons. The lowest BCUT2D eigenvalue weighted by molar-refractivity contribution is -0.385. The van der Waals surface area contributed by atoms with E-state index in [9.17, 15) is 14.9 Å². The van der Waals surface area contributed by atoms with E-state index in [1.54, 1.807) is 7.05 Å². The van der Waals surface area contributed by atoms with Crippen LogP contribution < -0.4 is 10.6 Å². The van der Waals surface area contributed by atoms with Crippen molar-refractivity contribution in [2.45, 2.75) is 38.1 Å². The summed E-state index contributed by atoms with van der Waals surface area (Å²) in [7, 11) is 1.65. The Kier molecular flexibility index (Phi) is 3.87. The van der Waals surface area contributed by atoms with E-state index >= 15 is 0 Å². The van der Waals surface area contributed by atoms with Gasteiger partial charge < -0.3 is 10.6 Å². The second-order valence-electron chi connectivity index (χ2n) is 5.04. The molecule has 1 aliphatic rings. The molecule has 1 saturated carbocycles. The lowest BCUT2D eigenvalue weighted by atomic mass is 9.74. The van der Waals surface area contributed by atoms with Gasteiger partial charge in [-0.05, 0) is 25.7 Å². The van der Waals surface area contributed by atoms with Gasteiger partial charge in [0.05, 0.1) is 4.92 Å². The van der Waals surface area contributed by atoms with E-state index in [0.29, 0.717) is 5.82 Å². The van der Waals surface area contributed by atoms with E-state index in [-0.39, 0.29) is 16.8 Å². The molecular formula is C13H18N4O3. The highest BCUT2D eigenvalue weighted by atomic mass is 16.6. The number of hydrogen-bond acceptors (Lipinski definition) is 5. The number of carbonyl (C=O) groups is 1. The molecule has 0 radical (unpaired) electrons. The van der Waals surface area contributed by atoms with Crippen LogP contribution in [0.4, 0.5) is 11.5 Å². The van der Waals surface area contributed by atoms with Crippen molar-refractivity contribution in [3.63, 3.8) is 0 Å². The maximum absolute atomic E-state index is 12.3. The van der Waals surface area contributed by atoms with Crippen LogP contribution in [-0.2, 0) is 0 Å². The number of nitrogens with one attached hydrogen (secondary N) is 2. The summed E-state index contributed by atoms with van der Waals surface area (Å²) in [6.45, 7) is 2.01. The molecule has 0 bridgehead atoms. The second kappa shape index (κ2) is 5.44. The molecule has 2 N–H and O–H groups in total. The molecule has 7 heteroatoms. The molecule has 1 amide bonds. The summed E-state index contributed by atoms with van der Waals surface area (Å²) < 4.78 is 0. The molecule has 1 aromatic rings. The number of hydrogen-bond donors (Lipinski definition) is 2. The quantitative estimate of drug-likeness (QED) is 0.635. The Bertz CT molecular complexity index is 535. The first-order valence-electron chi connectivity index (χ1n) is 6.66. The molecule has 1 fully saturated rings. The zero-order chi connectivity index (χ0) is 14.8. The minimum atomic E-state index is -0.583. The van der Waals surface area contributed by atoms with Gasteiger partial charge in [-0.2, -0.15) is 0 Å². The summed E-state index contributed by atoms with van der Waals surface area (Å²) in [6, 6.07) is 1.41. The lowest BCUT2D eigenvalue weighted by Gasteiger charge is -2.41. The molecule has 2 rings (SSSR count). The summed E-state index contributed by atoms with van der Waals surface area (Å²) in [4.78, 5) is 26.6. The van der Waals surface area contributed by atoms with Gasteiger partial charge in [0, 0.05) is 18.7 Å². The van der Waals surface area contributed by atoms with E-state index in [0.717, 1.165) is 31.9 Å². The highest BCUT2D eigenvalue weighted by molar-refractivity contribution is 5.99. The van der Waals surface area contributed by atoms with Gasteiger partial charge in [-0.1, -0.05) is 6.92 Å². The zero-order valence-corrected chi connectivity index (χ0v) is 11.6. The average molecular weight is 278 g/mol. The van der Waals surface area contributed by atoms with Gasteiger partial charge >= 0.3 is 0 Å². The summed E-state index contributed by atoms with van der Waals surface area (Å²) in [5.74, 6) is 0.0251. The Morgan fingerprint density at radius 3 is 2.70 bits per heavy atom. The predicted molar refractivity (Wildman–Crippen MR) is 74.8 cm³/mol. The zero-order valence-electron chi connectivity index (χ0n) is 11.6. The molecule has 0 saturated heterocycles. The lowest BCUT2D eigenvalue weighted by Crippen LogP contribution is -2.53. The Morgan fingerprint density at radius 2 is 2.25 bits per heavy atom. The third-order valence-electron chi connectivity index (χ3n) is 3.95. The van der Waals surface area contributed by atoms with E-state index < -0.39 is 10.8 Å². The van der Waals surface area contributed by atoms with Crippen molar-refractivity contribution in [3.8, 4) is 0 Å². The summed E-state index contributed by atoms with van der Waals surface area (Å²) in [5, 5.41) is 16.7.